The third-order valence-corrected chi connectivity index (χ3v) is 5.38. The first kappa shape index (κ1) is 21.1. The van der Waals surface area contributed by atoms with Crippen LogP contribution in [0.25, 0.3) is 33.5 Å². The van der Waals surface area contributed by atoms with Gasteiger partial charge in [0.05, 0.1) is 36.7 Å². The van der Waals surface area contributed by atoms with Gasteiger partial charge in [-0.05, 0) is 76.6 Å². The highest BCUT2D eigenvalue weighted by Crippen LogP contribution is 2.38. The van der Waals surface area contributed by atoms with Crippen molar-refractivity contribution in [2.24, 2.45) is 0 Å². The summed E-state index contributed by atoms with van der Waals surface area (Å²) < 4.78 is 50.6. The molecule has 1 heterocycles. The summed E-state index contributed by atoms with van der Waals surface area (Å²) in [7, 11) is 3.13. The van der Waals surface area contributed by atoms with Crippen molar-refractivity contribution in [3.63, 3.8) is 0 Å². The van der Waals surface area contributed by atoms with Crippen LogP contribution in [0.15, 0.2) is 65.1 Å². The van der Waals surface area contributed by atoms with Crippen LogP contribution < -0.4 is 9.47 Å². The molecule has 0 radical (unpaired) electrons. The first-order chi connectivity index (χ1) is 14.8. The van der Waals surface area contributed by atoms with Crippen molar-refractivity contribution >= 4 is 27.0 Å². The standard InChI is InChI=1S/C23H16BrF3N2O2/c1-30-16-7-3-13(4-8-16)20-21(14-5-9-17(31-2)10-6-14)29-22-18(24)11-15(23(25,26)27)12-19(22)28-20/h3-12H,1-2H3. The smallest absolute Gasteiger partial charge is 0.416 e. The Morgan fingerprint density at radius 3 is 1.68 bits per heavy atom. The van der Waals surface area contributed by atoms with Gasteiger partial charge in [0.15, 0.2) is 0 Å². The van der Waals surface area contributed by atoms with Gasteiger partial charge in [0, 0.05) is 15.6 Å². The average Bonchev–Trinajstić information content (AvgIpc) is 2.78. The number of hydrogen-bond acceptors (Lipinski definition) is 4. The van der Waals surface area contributed by atoms with Crippen LogP contribution in [0.4, 0.5) is 13.2 Å². The molecule has 0 fully saturated rings. The maximum atomic E-state index is 13.3. The molecule has 1 aromatic heterocycles. The van der Waals surface area contributed by atoms with Crippen molar-refractivity contribution in [3.8, 4) is 34.0 Å². The lowest BCUT2D eigenvalue weighted by atomic mass is 10.0. The minimum absolute atomic E-state index is 0.143. The second kappa shape index (κ2) is 8.19. The van der Waals surface area contributed by atoms with E-state index in [2.05, 4.69) is 20.9 Å². The van der Waals surface area contributed by atoms with Crippen molar-refractivity contribution in [2.75, 3.05) is 14.2 Å². The van der Waals surface area contributed by atoms with Crippen molar-refractivity contribution in [3.05, 3.63) is 70.7 Å². The van der Waals surface area contributed by atoms with Gasteiger partial charge in [0.1, 0.15) is 17.0 Å². The molecule has 0 spiro atoms. The topological polar surface area (TPSA) is 44.2 Å². The quantitative estimate of drug-likeness (QED) is 0.318. The van der Waals surface area contributed by atoms with E-state index in [1.165, 1.54) is 0 Å². The number of ether oxygens (including phenoxy) is 2. The zero-order valence-electron chi connectivity index (χ0n) is 16.5. The van der Waals surface area contributed by atoms with E-state index in [4.69, 9.17) is 14.5 Å². The van der Waals surface area contributed by atoms with Gasteiger partial charge in [0.25, 0.3) is 0 Å². The number of alkyl halides is 3. The predicted octanol–water partition coefficient (Wildman–Crippen LogP) is 6.76. The highest BCUT2D eigenvalue weighted by Gasteiger charge is 2.32. The van der Waals surface area contributed by atoms with E-state index >= 15 is 0 Å². The van der Waals surface area contributed by atoms with Gasteiger partial charge in [0.2, 0.25) is 0 Å². The van der Waals surface area contributed by atoms with Crippen LogP contribution in [-0.4, -0.2) is 24.2 Å². The fourth-order valence-corrected chi connectivity index (χ4v) is 3.72. The van der Waals surface area contributed by atoms with E-state index in [1.807, 2.05) is 12.1 Å². The summed E-state index contributed by atoms with van der Waals surface area (Å²) >= 11 is 3.23. The SMILES string of the molecule is COc1ccc(-c2nc3cc(C(F)(F)F)cc(Br)c3nc2-c2ccc(OC)cc2)cc1. The van der Waals surface area contributed by atoms with E-state index in [0.29, 0.717) is 34.0 Å². The summed E-state index contributed by atoms with van der Waals surface area (Å²) in [6.07, 6.45) is -4.49. The van der Waals surface area contributed by atoms with Gasteiger partial charge in [-0.2, -0.15) is 13.2 Å². The fraction of sp³-hybridized carbons (Fsp3) is 0.130. The molecule has 3 aromatic carbocycles. The second-order valence-corrected chi connectivity index (χ2v) is 7.56. The molecule has 0 amide bonds. The third kappa shape index (κ3) is 4.20. The minimum atomic E-state index is -4.49. The molecule has 8 heteroatoms. The van der Waals surface area contributed by atoms with Gasteiger partial charge >= 0.3 is 6.18 Å². The van der Waals surface area contributed by atoms with Gasteiger partial charge in [-0.25, -0.2) is 9.97 Å². The van der Waals surface area contributed by atoms with E-state index in [0.717, 1.165) is 17.7 Å². The number of fused-ring (bicyclic) bond motifs is 1. The van der Waals surface area contributed by atoms with Crippen LogP contribution in [0.1, 0.15) is 5.56 Å². The number of hydrogen-bond donors (Lipinski definition) is 0. The van der Waals surface area contributed by atoms with Crippen molar-refractivity contribution < 1.29 is 22.6 Å². The maximum absolute atomic E-state index is 13.3. The minimum Gasteiger partial charge on any atom is -0.497 e. The molecule has 158 valence electrons. The second-order valence-electron chi connectivity index (χ2n) is 6.70. The molecule has 0 aliphatic carbocycles. The van der Waals surface area contributed by atoms with Crippen molar-refractivity contribution in [1.82, 2.24) is 9.97 Å². The molecule has 0 aliphatic rings. The average molecular weight is 489 g/mol. The first-order valence-electron chi connectivity index (χ1n) is 9.17. The summed E-state index contributed by atoms with van der Waals surface area (Å²) in [4.78, 5) is 9.28. The Kier molecular flexibility index (Phi) is 5.58. The van der Waals surface area contributed by atoms with E-state index in [9.17, 15) is 13.2 Å². The molecule has 0 aliphatic heterocycles. The van der Waals surface area contributed by atoms with Crippen molar-refractivity contribution in [1.29, 1.82) is 0 Å². The molecule has 0 N–H and O–H groups in total. The molecule has 31 heavy (non-hydrogen) atoms. The van der Waals surface area contributed by atoms with Gasteiger partial charge in [-0.15, -0.1) is 0 Å². The van der Waals surface area contributed by atoms with Crippen LogP contribution in [0.2, 0.25) is 0 Å². The monoisotopic (exact) mass is 488 g/mol. The molecule has 4 nitrogen and oxygen atoms in total. The highest BCUT2D eigenvalue weighted by atomic mass is 79.9. The molecule has 4 rings (SSSR count). The Bertz CT molecular complexity index is 1240. The van der Waals surface area contributed by atoms with Crippen LogP contribution in [0.5, 0.6) is 11.5 Å². The molecule has 0 atom stereocenters. The van der Waals surface area contributed by atoms with Crippen LogP contribution in [-0.2, 0) is 6.18 Å². The largest absolute Gasteiger partial charge is 0.497 e. The maximum Gasteiger partial charge on any atom is 0.416 e. The summed E-state index contributed by atoms with van der Waals surface area (Å²) in [5.41, 5.74) is 2.16. The summed E-state index contributed by atoms with van der Waals surface area (Å²) in [5.74, 6) is 1.34. The molecular weight excluding hydrogens is 473 g/mol. The van der Waals surface area contributed by atoms with Crippen molar-refractivity contribution in [2.45, 2.75) is 6.18 Å². The number of rotatable bonds is 4. The summed E-state index contributed by atoms with van der Waals surface area (Å²) in [6.45, 7) is 0. The molecule has 0 unspecified atom stereocenters. The molecular formula is C23H16BrF3N2O2. The van der Waals surface area contributed by atoms with Crippen LogP contribution in [0.3, 0.4) is 0 Å². The molecule has 4 aromatic rings. The molecule has 0 saturated carbocycles. The normalized spacial score (nSPS) is 11.5. The zero-order chi connectivity index (χ0) is 22.2. The Labute approximate surface area is 184 Å². The van der Waals surface area contributed by atoms with Crippen LogP contribution in [0, 0.1) is 0 Å². The van der Waals surface area contributed by atoms with E-state index < -0.39 is 11.7 Å². The number of aromatic nitrogens is 2. The highest BCUT2D eigenvalue weighted by molar-refractivity contribution is 9.10. The number of methoxy groups -OCH3 is 2. The molecule has 0 saturated heterocycles. The fourth-order valence-electron chi connectivity index (χ4n) is 3.18. The lowest BCUT2D eigenvalue weighted by molar-refractivity contribution is -0.137. The first-order valence-corrected chi connectivity index (χ1v) is 9.97. The molecule has 0 bridgehead atoms. The third-order valence-electron chi connectivity index (χ3n) is 4.78. The Morgan fingerprint density at radius 2 is 1.23 bits per heavy atom. The van der Waals surface area contributed by atoms with Gasteiger partial charge in [-0.3, -0.25) is 0 Å². The van der Waals surface area contributed by atoms with Gasteiger partial charge in [-0.1, -0.05) is 0 Å². The predicted molar refractivity (Wildman–Crippen MR) is 116 cm³/mol. The zero-order valence-corrected chi connectivity index (χ0v) is 18.1. The summed E-state index contributed by atoms with van der Waals surface area (Å²) in [6, 6.07) is 16.4. The summed E-state index contributed by atoms with van der Waals surface area (Å²) in [5, 5.41) is 0. The van der Waals surface area contributed by atoms with Gasteiger partial charge < -0.3 is 9.47 Å². The Balaban J connectivity index is 1.99. The lowest BCUT2D eigenvalue weighted by Crippen LogP contribution is -2.06. The van der Waals surface area contributed by atoms with E-state index in [1.54, 1.807) is 50.6 Å². The number of nitrogens with zero attached hydrogens (tertiary/aromatic N) is 2. The lowest BCUT2D eigenvalue weighted by Gasteiger charge is -2.14. The number of benzene rings is 3. The Hall–Kier alpha value is -3.13. The van der Waals surface area contributed by atoms with Crippen LogP contribution >= 0.6 is 15.9 Å². The number of halogens is 4. The Morgan fingerprint density at radius 1 is 0.742 bits per heavy atom. The van der Waals surface area contributed by atoms with E-state index in [-0.39, 0.29) is 9.99 Å².